The summed E-state index contributed by atoms with van der Waals surface area (Å²) in [6, 6.07) is 5.16. The summed E-state index contributed by atoms with van der Waals surface area (Å²) in [4.78, 5) is 14.2. The molecule has 1 amide bonds. The molecule has 1 saturated heterocycles. The highest BCUT2D eigenvalue weighted by molar-refractivity contribution is 6.39. The maximum absolute atomic E-state index is 11.9. The Bertz CT molecular complexity index is 468. The van der Waals surface area contributed by atoms with Crippen LogP contribution in [0.5, 0.6) is 0 Å². The number of carbonyl (C=O) groups excluding carboxylic acids is 1. The van der Waals surface area contributed by atoms with Gasteiger partial charge in [-0.1, -0.05) is 29.3 Å². The van der Waals surface area contributed by atoms with E-state index in [1.165, 1.54) is 12.8 Å². The van der Waals surface area contributed by atoms with Crippen molar-refractivity contribution in [1.82, 2.24) is 10.2 Å². The van der Waals surface area contributed by atoms with Crippen LogP contribution < -0.4 is 10.6 Å². The topological polar surface area (TPSA) is 44.4 Å². The van der Waals surface area contributed by atoms with Gasteiger partial charge >= 0.3 is 0 Å². The van der Waals surface area contributed by atoms with Gasteiger partial charge in [0.25, 0.3) is 0 Å². The third kappa shape index (κ3) is 5.15. The number of halogens is 2. The predicted octanol–water partition coefficient (Wildman–Crippen LogP) is 2.86. The molecular formula is C15H21Cl2N3O. The number of anilines is 1. The number of benzene rings is 1. The van der Waals surface area contributed by atoms with Gasteiger partial charge in [-0.2, -0.15) is 0 Å². The summed E-state index contributed by atoms with van der Waals surface area (Å²) in [5.41, 5.74) is 0.479. The van der Waals surface area contributed by atoms with Crippen molar-refractivity contribution < 1.29 is 4.79 Å². The van der Waals surface area contributed by atoms with Gasteiger partial charge in [-0.25, -0.2) is 0 Å². The fraction of sp³-hybridized carbons (Fsp3) is 0.533. The van der Waals surface area contributed by atoms with E-state index in [-0.39, 0.29) is 12.5 Å². The number of hydrogen-bond donors (Lipinski definition) is 2. The molecule has 1 fully saturated rings. The molecular weight excluding hydrogens is 309 g/mol. The Hall–Kier alpha value is -0.810. The number of piperidine rings is 1. The van der Waals surface area contributed by atoms with Crippen molar-refractivity contribution in [2.75, 3.05) is 38.5 Å². The second kappa shape index (κ2) is 7.99. The maximum Gasteiger partial charge on any atom is 0.238 e. The van der Waals surface area contributed by atoms with E-state index in [1.54, 1.807) is 18.2 Å². The summed E-state index contributed by atoms with van der Waals surface area (Å²) in [5.74, 6) is 0.524. The fourth-order valence-electron chi connectivity index (χ4n) is 2.46. The van der Waals surface area contributed by atoms with Gasteiger partial charge < -0.3 is 15.5 Å². The van der Waals surface area contributed by atoms with Crippen molar-refractivity contribution in [1.29, 1.82) is 0 Å². The normalized spacial score (nSPS) is 16.9. The second-order valence-electron chi connectivity index (χ2n) is 5.52. The van der Waals surface area contributed by atoms with Gasteiger partial charge in [0, 0.05) is 0 Å². The summed E-state index contributed by atoms with van der Waals surface area (Å²) in [5, 5.41) is 6.86. The number of nitrogens with one attached hydrogen (secondary N) is 2. The molecule has 0 aliphatic carbocycles. The molecule has 1 aliphatic heterocycles. The summed E-state index contributed by atoms with van der Waals surface area (Å²) < 4.78 is 0. The van der Waals surface area contributed by atoms with Gasteiger partial charge in [0.2, 0.25) is 5.91 Å². The van der Waals surface area contributed by atoms with Gasteiger partial charge in [0.05, 0.1) is 22.3 Å². The third-order valence-corrected chi connectivity index (χ3v) is 4.41. The average Bonchev–Trinajstić information content (AvgIpc) is 2.45. The molecule has 0 spiro atoms. The van der Waals surface area contributed by atoms with Crippen molar-refractivity contribution in [2.45, 2.75) is 12.8 Å². The molecule has 0 unspecified atom stereocenters. The zero-order valence-corrected chi connectivity index (χ0v) is 13.7. The van der Waals surface area contributed by atoms with Crippen LogP contribution in [0, 0.1) is 5.92 Å². The van der Waals surface area contributed by atoms with Crippen molar-refractivity contribution >= 4 is 34.8 Å². The van der Waals surface area contributed by atoms with Crippen LogP contribution in [0.25, 0.3) is 0 Å². The van der Waals surface area contributed by atoms with Crippen LogP contribution >= 0.6 is 23.2 Å². The van der Waals surface area contributed by atoms with Crippen LogP contribution in [0.1, 0.15) is 12.8 Å². The molecule has 21 heavy (non-hydrogen) atoms. The lowest BCUT2D eigenvalue weighted by Crippen LogP contribution is -2.37. The molecule has 0 radical (unpaired) electrons. The Labute approximate surface area is 135 Å². The number of rotatable bonds is 5. The number of hydrogen-bond acceptors (Lipinski definition) is 3. The molecule has 1 aromatic carbocycles. The monoisotopic (exact) mass is 329 g/mol. The lowest BCUT2D eigenvalue weighted by molar-refractivity contribution is -0.115. The molecule has 0 bridgehead atoms. The fourth-order valence-corrected chi connectivity index (χ4v) is 2.95. The van der Waals surface area contributed by atoms with Crippen molar-refractivity contribution in [3.63, 3.8) is 0 Å². The van der Waals surface area contributed by atoms with E-state index < -0.39 is 0 Å². The SMILES string of the molecule is CN1CCC(CNCC(=O)Nc2c(Cl)cccc2Cl)CC1. The van der Waals surface area contributed by atoms with E-state index in [1.807, 2.05) is 0 Å². The van der Waals surface area contributed by atoms with Crippen LogP contribution in [0.2, 0.25) is 10.0 Å². The summed E-state index contributed by atoms with van der Waals surface area (Å²) in [6.07, 6.45) is 2.36. The third-order valence-electron chi connectivity index (χ3n) is 3.78. The smallest absolute Gasteiger partial charge is 0.238 e. The summed E-state index contributed by atoms with van der Waals surface area (Å²) in [6.45, 7) is 3.41. The first kappa shape index (κ1) is 16.6. The Morgan fingerprint density at radius 2 is 1.90 bits per heavy atom. The Morgan fingerprint density at radius 1 is 1.29 bits per heavy atom. The zero-order chi connectivity index (χ0) is 15.2. The van der Waals surface area contributed by atoms with Gasteiger partial charge in [-0.3, -0.25) is 4.79 Å². The molecule has 2 rings (SSSR count). The van der Waals surface area contributed by atoms with E-state index in [2.05, 4.69) is 22.6 Å². The van der Waals surface area contributed by atoms with E-state index in [4.69, 9.17) is 23.2 Å². The van der Waals surface area contributed by atoms with E-state index in [9.17, 15) is 4.79 Å². The number of para-hydroxylation sites is 1. The van der Waals surface area contributed by atoms with Crippen molar-refractivity contribution in [3.8, 4) is 0 Å². The number of carbonyl (C=O) groups is 1. The number of nitrogens with zero attached hydrogens (tertiary/aromatic N) is 1. The van der Waals surface area contributed by atoms with E-state index in [0.717, 1.165) is 19.6 Å². The van der Waals surface area contributed by atoms with Gasteiger partial charge in [-0.15, -0.1) is 0 Å². The Morgan fingerprint density at radius 3 is 2.52 bits per heavy atom. The van der Waals surface area contributed by atoms with Crippen molar-refractivity contribution in [3.05, 3.63) is 28.2 Å². The highest BCUT2D eigenvalue weighted by atomic mass is 35.5. The largest absolute Gasteiger partial charge is 0.322 e. The van der Waals surface area contributed by atoms with Gasteiger partial charge in [-0.05, 0) is 57.6 Å². The van der Waals surface area contributed by atoms with Crippen LogP contribution in [-0.4, -0.2) is 44.0 Å². The second-order valence-corrected chi connectivity index (χ2v) is 6.34. The summed E-state index contributed by atoms with van der Waals surface area (Å²) >= 11 is 12.0. The highest BCUT2D eigenvalue weighted by Crippen LogP contribution is 2.29. The van der Waals surface area contributed by atoms with E-state index >= 15 is 0 Å². The van der Waals surface area contributed by atoms with Crippen molar-refractivity contribution in [2.24, 2.45) is 5.92 Å². The molecule has 4 nitrogen and oxygen atoms in total. The summed E-state index contributed by atoms with van der Waals surface area (Å²) in [7, 11) is 2.14. The molecule has 0 aromatic heterocycles. The first-order valence-corrected chi connectivity index (χ1v) is 7.95. The standard InChI is InChI=1S/C15H21Cl2N3O/c1-20-7-5-11(6-8-20)9-18-10-14(21)19-15-12(16)3-2-4-13(15)17/h2-4,11,18H,5-10H2,1H3,(H,19,21). The van der Waals surface area contributed by atoms with Crippen LogP contribution in [-0.2, 0) is 4.79 Å². The van der Waals surface area contributed by atoms with Crippen LogP contribution in [0.15, 0.2) is 18.2 Å². The molecule has 0 atom stereocenters. The minimum absolute atomic E-state index is 0.127. The minimum Gasteiger partial charge on any atom is -0.322 e. The number of likely N-dealkylation sites (tertiary alicyclic amines) is 1. The van der Waals surface area contributed by atoms with Gasteiger partial charge in [0.15, 0.2) is 0 Å². The van der Waals surface area contributed by atoms with Crippen LogP contribution in [0.4, 0.5) is 5.69 Å². The average molecular weight is 330 g/mol. The number of amides is 1. The maximum atomic E-state index is 11.9. The van der Waals surface area contributed by atoms with E-state index in [0.29, 0.717) is 21.7 Å². The van der Waals surface area contributed by atoms with Gasteiger partial charge in [0.1, 0.15) is 0 Å². The molecule has 1 aromatic rings. The molecule has 0 saturated carbocycles. The quantitative estimate of drug-likeness (QED) is 0.873. The predicted molar refractivity (Wildman–Crippen MR) is 88.2 cm³/mol. The first-order chi connectivity index (χ1) is 10.1. The first-order valence-electron chi connectivity index (χ1n) is 7.19. The molecule has 6 heteroatoms. The molecule has 2 N–H and O–H groups in total. The Balaban J connectivity index is 1.73. The molecule has 1 heterocycles. The Kier molecular flexibility index (Phi) is 6.30. The highest BCUT2D eigenvalue weighted by Gasteiger charge is 2.16. The molecule has 1 aliphatic rings. The zero-order valence-electron chi connectivity index (χ0n) is 12.2. The minimum atomic E-state index is -0.127. The van der Waals surface area contributed by atoms with Crippen LogP contribution in [0.3, 0.4) is 0 Å². The lowest BCUT2D eigenvalue weighted by Gasteiger charge is -2.28. The molecule has 116 valence electrons. The lowest BCUT2D eigenvalue weighted by atomic mass is 9.97.